The third-order valence-electron chi connectivity index (χ3n) is 3.92. The van der Waals surface area contributed by atoms with E-state index in [1.807, 2.05) is 18.2 Å². The summed E-state index contributed by atoms with van der Waals surface area (Å²) in [4.78, 5) is 21.0. The lowest BCUT2D eigenvalue weighted by Gasteiger charge is -2.12. The minimum Gasteiger partial charge on any atom is -0.475 e. The number of carbonyl (C=O) groups is 1. The number of carboxylic acid groups (broad SMARTS) is 1. The van der Waals surface area contributed by atoms with E-state index in [1.165, 1.54) is 18.5 Å². The predicted molar refractivity (Wildman–Crippen MR) is 104 cm³/mol. The van der Waals surface area contributed by atoms with Crippen LogP contribution in [0.25, 0.3) is 11.4 Å². The maximum atomic E-state index is 12.6. The Hall–Kier alpha value is -3.74. The number of hydrogen-bond donors (Lipinski definition) is 3. The Bertz CT molecular complexity index is 1040. The lowest BCUT2D eigenvalue weighted by molar-refractivity contribution is -0.192. The van der Waals surface area contributed by atoms with Gasteiger partial charge in [0, 0.05) is 12.1 Å². The number of nitrogens with one attached hydrogen (secondary N) is 1. The van der Waals surface area contributed by atoms with Crippen LogP contribution in [0.4, 0.5) is 32.3 Å². The number of rotatable bonds is 5. The molecule has 33 heavy (non-hydrogen) atoms. The number of aliphatic hydroxyl groups is 1. The molecule has 0 amide bonds. The van der Waals surface area contributed by atoms with E-state index in [-0.39, 0.29) is 18.3 Å². The highest BCUT2D eigenvalue weighted by Gasteiger charge is 2.38. The molecule has 0 saturated heterocycles. The number of hydrogen-bond acceptors (Lipinski definition) is 6. The molecular formula is C20H16F6N4O3. The van der Waals surface area contributed by atoms with E-state index in [0.717, 1.165) is 17.7 Å². The summed E-state index contributed by atoms with van der Waals surface area (Å²) in [6.45, 7) is 0.181. The molecule has 0 unspecified atom stereocenters. The van der Waals surface area contributed by atoms with Crippen molar-refractivity contribution in [2.24, 2.45) is 0 Å². The molecule has 0 radical (unpaired) electrons. The summed E-state index contributed by atoms with van der Waals surface area (Å²) in [7, 11) is 0. The van der Waals surface area contributed by atoms with Crippen molar-refractivity contribution in [2.75, 3.05) is 11.9 Å². The second-order valence-corrected chi connectivity index (χ2v) is 6.32. The molecule has 1 atom stereocenters. The Labute approximate surface area is 182 Å². The van der Waals surface area contributed by atoms with Gasteiger partial charge in [0.15, 0.2) is 5.82 Å². The largest absolute Gasteiger partial charge is 0.490 e. The Morgan fingerprint density at radius 1 is 0.939 bits per heavy atom. The molecule has 0 fully saturated rings. The number of anilines is 1. The summed E-state index contributed by atoms with van der Waals surface area (Å²) in [5.41, 5.74) is 0.448. The highest BCUT2D eigenvalue weighted by atomic mass is 19.4. The first kappa shape index (κ1) is 25.5. The van der Waals surface area contributed by atoms with Gasteiger partial charge in [-0.05, 0) is 17.7 Å². The molecule has 0 aliphatic carbocycles. The molecule has 0 bridgehead atoms. The number of aromatic nitrogens is 3. The number of alkyl halides is 6. The predicted octanol–water partition coefficient (Wildman–Crippen LogP) is 4.34. The fraction of sp³-hybridized carbons (Fsp3) is 0.200. The lowest BCUT2D eigenvalue weighted by atomic mass is 10.1. The normalized spacial score (nSPS) is 12.3. The van der Waals surface area contributed by atoms with Crippen molar-refractivity contribution < 1.29 is 41.4 Å². The summed E-state index contributed by atoms with van der Waals surface area (Å²) in [6, 6.07) is 13.7. The molecule has 0 aliphatic heterocycles. The van der Waals surface area contributed by atoms with Crippen molar-refractivity contribution in [3.8, 4) is 11.4 Å². The lowest BCUT2D eigenvalue weighted by Crippen LogP contribution is -2.21. The van der Waals surface area contributed by atoms with Crippen LogP contribution >= 0.6 is 0 Å². The van der Waals surface area contributed by atoms with Gasteiger partial charge in [-0.2, -0.15) is 31.3 Å². The molecule has 176 valence electrons. The van der Waals surface area contributed by atoms with E-state index in [1.54, 1.807) is 12.1 Å². The Kier molecular flexibility index (Phi) is 8.29. The standard InChI is InChI=1S/C18H15F3N4O.C2HF3O2/c19-18(20,21)14-8-6-13(7-9-14)16-23-11-24-17(25-16)22-10-15(26)12-4-2-1-3-5-12;3-2(4,5)1(6)7/h1-9,11,15,26H,10H2,(H,22,23,24,25);(H,6,7)/t15-;/m0./s1. The highest BCUT2D eigenvalue weighted by molar-refractivity contribution is 5.73. The molecule has 13 heteroatoms. The maximum Gasteiger partial charge on any atom is 0.490 e. The zero-order chi connectivity index (χ0) is 24.6. The van der Waals surface area contributed by atoms with Gasteiger partial charge in [0.25, 0.3) is 0 Å². The summed E-state index contributed by atoms with van der Waals surface area (Å²) < 4.78 is 69.6. The van der Waals surface area contributed by atoms with Gasteiger partial charge < -0.3 is 15.5 Å². The molecule has 1 aromatic heterocycles. The molecule has 0 saturated carbocycles. The van der Waals surface area contributed by atoms with Crippen LogP contribution in [0, 0.1) is 0 Å². The molecule has 0 aliphatic rings. The van der Waals surface area contributed by atoms with Crippen molar-refractivity contribution >= 4 is 11.9 Å². The van der Waals surface area contributed by atoms with Crippen molar-refractivity contribution in [1.82, 2.24) is 15.0 Å². The Morgan fingerprint density at radius 2 is 1.52 bits per heavy atom. The van der Waals surface area contributed by atoms with Crippen molar-refractivity contribution in [3.05, 3.63) is 72.1 Å². The van der Waals surface area contributed by atoms with Gasteiger partial charge in [0.1, 0.15) is 6.33 Å². The summed E-state index contributed by atoms with van der Waals surface area (Å²) in [5, 5.41) is 20.2. The minimum atomic E-state index is -5.08. The number of aliphatic hydroxyl groups excluding tert-OH is 1. The minimum absolute atomic E-state index is 0.181. The van der Waals surface area contributed by atoms with Gasteiger partial charge >= 0.3 is 18.3 Å². The third-order valence-corrected chi connectivity index (χ3v) is 3.92. The topological polar surface area (TPSA) is 108 Å². The first-order chi connectivity index (χ1) is 15.4. The number of aliphatic carboxylic acids is 1. The van der Waals surface area contributed by atoms with Gasteiger partial charge in [-0.25, -0.2) is 14.8 Å². The SMILES string of the molecule is O=C(O)C(F)(F)F.O[C@@H](CNc1ncnc(-c2ccc(C(F)(F)F)cc2)n1)c1ccccc1. The van der Waals surface area contributed by atoms with Crippen LogP contribution in [0.1, 0.15) is 17.2 Å². The monoisotopic (exact) mass is 474 g/mol. The van der Waals surface area contributed by atoms with E-state index in [9.17, 15) is 31.4 Å². The van der Waals surface area contributed by atoms with Crippen LogP contribution in [0.15, 0.2) is 60.9 Å². The molecule has 3 N–H and O–H groups in total. The average molecular weight is 474 g/mol. The maximum absolute atomic E-state index is 12.6. The fourth-order valence-electron chi connectivity index (χ4n) is 2.31. The summed E-state index contributed by atoms with van der Waals surface area (Å²) in [6.07, 6.45) is -8.96. The zero-order valence-electron chi connectivity index (χ0n) is 16.5. The molecule has 0 spiro atoms. The van der Waals surface area contributed by atoms with E-state index in [2.05, 4.69) is 20.3 Å². The number of benzene rings is 2. The van der Waals surface area contributed by atoms with E-state index < -0.39 is 30.0 Å². The quantitative estimate of drug-likeness (QED) is 0.472. The molecular weight excluding hydrogens is 458 g/mol. The Balaban J connectivity index is 0.000000479. The van der Waals surface area contributed by atoms with Gasteiger partial charge in [0.05, 0.1) is 11.7 Å². The molecule has 7 nitrogen and oxygen atoms in total. The first-order valence-electron chi connectivity index (χ1n) is 9.01. The smallest absolute Gasteiger partial charge is 0.475 e. The number of carboxylic acids is 1. The van der Waals surface area contributed by atoms with Crippen molar-refractivity contribution in [2.45, 2.75) is 18.5 Å². The second-order valence-electron chi connectivity index (χ2n) is 6.32. The van der Waals surface area contributed by atoms with Crippen molar-refractivity contribution in [1.29, 1.82) is 0 Å². The fourth-order valence-corrected chi connectivity index (χ4v) is 2.31. The zero-order valence-corrected chi connectivity index (χ0v) is 16.5. The van der Waals surface area contributed by atoms with E-state index in [4.69, 9.17) is 9.90 Å². The summed E-state index contributed by atoms with van der Waals surface area (Å²) in [5.74, 6) is -2.29. The third kappa shape index (κ3) is 8.03. The molecule has 3 aromatic rings. The number of nitrogens with zero attached hydrogens (tertiary/aromatic N) is 3. The molecule has 3 rings (SSSR count). The van der Waals surface area contributed by atoms with Crippen LogP contribution in [0.3, 0.4) is 0 Å². The molecule has 2 aromatic carbocycles. The summed E-state index contributed by atoms with van der Waals surface area (Å²) >= 11 is 0. The highest BCUT2D eigenvalue weighted by Crippen LogP contribution is 2.30. The Morgan fingerprint density at radius 3 is 2.03 bits per heavy atom. The van der Waals surface area contributed by atoms with E-state index in [0.29, 0.717) is 5.56 Å². The van der Waals surface area contributed by atoms with Crippen LogP contribution in [0.2, 0.25) is 0 Å². The average Bonchev–Trinajstić information content (AvgIpc) is 2.77. The van der Waals surface area contributed by atoms with Gasteiger partial charge in [-0.15, -0.1) is 0 Å². The first-order valence-corrected chi connectivity index (χ1v) is 9.01. The van der Waals surface area contributed by atoms with Crippen LogP contribution in [0.5, 0.6) is 0 Å². The van der Waals surface area contributed by atoms with Crippen LogP contribution in [-0.4, -0.2) is 43.9 Å². The van der Waals surface area contributed by atoms with Gasteiger partial charge in [0.2, 0.25) is 5.95 Å². The van der Waals surface area contributed by atoms with E-state index >= 15 is 0 Å². The van der Waals surface area contributed by atoms with Crippen molar-refractivity contribution in [3.63, 3.8) is 0 Å². The van der Waals surface area contributed by atoms with Crippen LogP contribution < -0.4 is 5.32 Å². The van der Waals surface area contributed by atoms with Gasteiger partial charge in [-0.3, -0.25) is 0 Å². The van der Waals surface area contributed by atoms with Gasteiger partial charge in [-0.1, -0.05) is 42.5 Å². The molecule has 1 heterocycles. The van der Waals surface area contributed by atoms with Crippen LogP contribution in [-0.2, 0) is 11.0 Å². The number of halogens is 6. The second kappa shape index (κ2) is 10.7.